The van der Waals surface area contributed by atoms with Gasteiger partial charge >= 0.3 is 0 Å². The molecule has 1 heterocycles. The number of halogens is 3. The predicted octanol–water partition coefficient (Wildman–Crippen LogP) is 4.71. The normalized spacial score (nSPS) is 29.3. The van der Waals surface area contributed by atoms with Crippen molar-refractivity contribution in [2.45, 2.75) is 56.1 Å². The number of aliphatic hydroxyl groups excluding tert-OH is 1. The molecule has 2 N–H and O–H groups in total. The van der Waals surface area contributed by atoms with Crippen molar-refractivity contribution in [2.75, 3.05) is 19.7 Å². The molecular formula is C27H29Cl2FN2O4. The number of likely N-dealkylation sites (tertiary alicyclic amines) is 1. The van der Waals surface area contributed by atoms with Crippen LogP contribution < -0.4 is 10.1 Å². The number of benzene rings is 2. The van der Waals surface area contributed by atoms with Gasteiger partial charge < -0.3 is 20.1 Å². The summed E-state index contributed by atoms with van der Waals surface area (Å²) in [6, 6.07) is 11.8. The van der Waals surface area contributed by atoms with E-state index in [9.17, 15) is 19.1 Å². The Hall–Kier alpha value is -2.35. The van der Waals surface area contributed by atoms with Crippen LogP contribution in [0.1, 0.15) is 50.0 Å². The van der Waals surface area contributed by atoms with Crippen molar-refractivity contribution < 1.29 is 23.8 Å². The van der Waals surface area contributed by atoms with E-state index in [-0.39, 0.29) is 29.2 Å². The van der Waals surface area contributed by atoms with E-state index in [0.717, 1.165) is 12.5 Å². The zero-order valence-corrected chi connectivity index (χ0v) is 21.3. The Balaban J connectivity index is 1.17. The average molecular weight is 535 g/mol. The van der Waals surface area contributed by atoms with E-state index in [1.54, 1.807) is 0 Å². The molecule has 6 rings (SSSR count). The van der Waals surface area contributed by atoms with Gasteiger partial charge in [-0.15, -0.1) is 0 Å². The Labute approximate surface area is 219 Å². The highest BCUT2D eigenvalue weighted by Crippen LogP contribution is 2.53. The van der Waals surface area contributed by atoms with Gasteiger partial charge in [0.15, 0.2) is 6.61 Å². The fourth-order valence-electron chi connectivity index (χ4n) is 6.10. The molecule has 6 nitrogen and oxygen atoms in total. The third-order valence-corrected chi connectivity index (χ3v) is 8.80. The number of ether oxygens (including phenoxy) is 1. The van der Waals surface area contributed by atoms with Crippen molar-refractivity contribution in [3.8, 4) is 5.75 Å². The Bertz CT molecular complexity index is 1150. The zero-order chi connectivity index (χ0) is 25.5. The van der Waals surface area contributed by atoms with Crippen LogP contribution >= 0.6 is 23.2 Å². The molecule has 0 aromatic heterocycles. The van der Waals surface area contributed by atoms with Crippen LogP contribution in [0.2, 0.25) is 10.0 Å². The number of nitrogens with zero attached hydrogens (tertiary/aromatic N) is 1. The molecule has 3 saturated carbocycles. The van der Waals surface area contributed by atoms with Crippen molar-refractivity contribution in [3.05, 3.63) is 63.9 Å². The van der Waals surface area contributed by atoms with Gasteiger partial charge in [-0.1, -0.05) is 35.3 Å². The second kappa shape index (κ2) is 9.84. The number of hydrogen-bond acceptors (Lipinski definition) is 4. The van der Waals surface area contributed by atoms with Crippen LogP contribution in [0.5, 0.6) is 5.75 Å². The summed E-state index contributed by atoms with van der Waals surface area (Å²) in [5.74, 6) is -0.417. The van der Waals surface area contributed by atoms with Crippen molar-refractivity contribution in [1.82, 2.24) is 10.2 Å². The van der Waals surface area contributed by atoms with Gasteiger partial charge in [-0.3, -0.25) is 9.59 Å². The lowest BCUT2D eigenvalue weighted by molar-refractivity contribution is -0.159. The predicted molar refractivity (Wildman–Crippen MR) is 135 cm³/mol. The van der Waals surface area contributed by atoms with Crippen LogP contribution in [-0.2, 0) is 9.59 Å². The maximum Gasteiger partial charge on any atom is 0.258 e. The van der Waals surface area contributed by atoms with E-state index < -0.39 is 28.8 Å². The number of fused-ring (bicyclic) bond motifs is 3. The second-order valence-electron chi connectivity index (χ2n) is 10.4. The van der Waals surface area contributed by atoms with E-state index >= 15 is 0 Å². The van der Waals surface area contributed by atoms with Crippen LogP contribution in [0.15, 0.2) is 42.5 Å². The minimum Gasteiger partial charge on any atom is -0.484 e. The van der Waals surface area contributed by atoms with E-state index in [1.807, 2.05) is 29.2 Å². The monoisotopic (exact) mass is 534 g/mol. The number of aliphatic hydroxyl groups is 1. The van der Waals surface area contributed by atoms with Gasteiger partial charge in [-0.05, 0) is 68.4 Å². The summed E-state index contributed by atoms with van der Waals surface area (Å²) in [4.78, 5) is 28.2. The lowest BCUT2D eigenvalue weighted by Crippen LogP contribution is -2.67. The molecule has 0 radical (unpaired) electrons. The molecule has 2 bridgehead atoms. The number of nitrogens with one attached hydrogen (secondary N) is 1. The molecule has 1 aliphatic heterocycles. The molecule has 192 valence electrons. The maximum absolute atomic E-state index is 13.6. The molecule has 2 aromatic rings. The quantitative estimate of drug-likeness (QED) is 0.562. The van der Waals surface area contributed by atoms with E-state index in [2.05, 4.69) is 5.32 Å². The van der Waals surface area contributed by atoms with Gasteiger partial charge in [0, 0.05) is 30.1 Å². The fourth-order valence-corrected chi connectivity index (χ4v) is 6.35. The molecule has 4 fully saturated rings. The number of amides is 2. The summed E-state index contributed by atoms with van der Waals surface area (Å²) < 4.78 is 19.0. The van der Waals surface area contributed by atoms with Gasteiger partial charge in [0.25, 0.3) is 5.91 Å². The topological polar surface area (TPSA) is 78.9 Å². The largest absolute Gasteiger partial charge is 0.484 e. The lowest BCUT2D eigenvalue weighted by atomic mass is 9.55. The Kier molecular flexibility index (Phi) is 6.92. The molecule has 1 saturated heterocycles. The standard InChI is InChI=1S/C27H29Cl2FN2O4/c28-19-3-1-17(2-4-19)18-7-12-32(15-18)25(35)26-8-10-27(11-9-26,23(33)14-26)31-24(34)16-36-20-5-6-21(29)22(30)13-20/h1-6,13,18,23,33H,7-12,14-16H2,(H,31,34). The van der Waals surface area contributed by atoms with Crippen LogP contribution in [0.3, 0.4) is 0 Å². The number of carbonyl (C=O) groups excluding carboxylic acids is 2. The first-order valence-corrected chi connectivity index (χ1v) is 13.1. The SMILES string of the molecule is O=C(COc1ccc(Cl)c(F)c1)NC12CCC(C(=O)N3CCC(c4ccc(Cl)cc4)C3)(CC1)CC2O. The molecule has 4 aliphatic rings. The van der Waals surface area contributed by atoms with E-state index in [0.29, 0.717) is 50.2 Å². The lowest BCUT2D eigenvalue weighted by Gasteiger charge is -2.56. The summed E-state index contributed by atoms with van der Waals surface area (Å²) in [6.07, 6.45) is 2.70. The first-order valence-electron chi connectivity index (χ1n) is 12.3. The molecule has 3 aliphatic carbocycles. The highest BCUT2D eigenvalue weighted by atomic mass is 35.5. The number of carbonyl (C=O) groups is 2. The van der Waals surface area contributed by atoms with Crippen molar-refractivity contribution in [1.29, 1.82) is 0 Å². The fraction of sp³-hybridized carbons (Fsp3) is 0.481. The van der Waals surface area contributed by atoms with Gasteiger partial charge in [-0.2, -0.15) is 0 Å². The molecule has 2 aromatic carbocycles. The number of hydrogen-bond donors (Lipinski definition) is 2. The summed E-state index contributed by atoms with van der Waals surface area (Å²) >= 11 is 11.7. The zero-order valence-electron chi connectivity index (χ0n) is 19.8. The minimum atomic E-state index is -0.824. The number of rotatable bonds is 6. The summed E-state index contributed by atoms with van der Waals surface area (Å²) in [6.45, 7) is 1.07. The smallest absolute Gasteiger partial charge is 0.258 e. The van der Waals surface area contributed by atoms with Crippen molar-refractivity contribution >= 4 is 35.0 Å². The summed E-state index contributed by atoms with van der Waals surface area (Å²) in [7, 11) is 0. The molecule has 2 amide bonds. The molecule has 36 heavy (non-hydrogen) atoms. The van der Waals surface area contributed by atoms with Crippen LogP contribution in [0.4, 0.5) is 4.39 Å². The maximum atomic E-state index is 13.6. The average Bonchev–Trinajstić information content (AvgIpc) is 3.36. The Morgan fingerprint density at radius 2 is 1.83 bits per heavy atom. The highest BCUT2D eigenvalue weighted by molar-refractivity contribution is 6.30. The molecule has 9 heteroatoms. The van der Waals surface area contributed by atoms with E-state index in [1.165, 1.54) is 17.7 Å². The third kappa shape index (κ3) is 4.81. The summed E-state index contributed by atoms with van der Waals surface area (Å²) in [5, 5.41) is 14.7. The minimum absolute atomic E-state index is 0.0225. The van der Waals surface area contributed by atoms with Gasteiger partial charge in [0.05, 0.1) is 22.1 Å². The first kappa shape index (κ1) is 25.3. The second-order valence-corrected chi connectivity index (χ2v) is 11.2. The van der Waals surface area contributed by atoms with Crippen LogP contribution in [0.25, 0.3) is 0 Å². The molecular weight excluding hydrogens is 506 g/mol. The third-order valence-electron chi connectivity index (χ3n) is 8.24. The van der Waals surface area contributed by atoms with Crippen molar-refractivity contribution in [3.63, 3.8) is 0 Å². The van der Waals surface area contributed by atoms with Crippen LogP contribution in [-0.4, -0.2) is 53.2 Å². The molecule has 2 atom stereocenters. The summed E-state index contributed by atoms with van der Waals surface area (Å²) in [5.41, 5.74) is -0.173. The van der Waals surface area contributed by atoms with Gasteiger partial charge in [0.2, 0.25) is 5.91 Å². The first-order chi connectivity index (χ1) is 17.2. The van der Waals surface area contributed by atoms with Gasteiger partial charge in [0.1, 0.15) is 11.6 Å². The van der Waals surface area contributed by atoms with E-state index in [4.69, 9.17) is 27.9 Å². The van der Waals surface area contributed by atoms with Crippen molar-refractivity contribution in [2.24, 2.45) is 5.41 Å². The van der Waals surface area contributed by atoms with Crippen LogP contribution in [0, 0.1) is 11.2 Å². The molecule has 0 spiro atoms. The Morgan fingerprint density at radius 1 is 1.11 bits per heavy atom. The molecule has 2 unspecified atom stereocenters. The highest BCUT2D eigenvalue weighted by Gasteiger charge is 2.58. The Morgan fingerprint density at radius 3 is 2.50 bits per heavy atom. The van der Waals surface area contributed by atoms with Gasteiger partial charge in [-0.25, -0.2) is 4.39 Å².